The van der Waals surface area contributed by atoms with Gasteiger partial charge in [-0.15, -0.1) is 0 Å². The Morgan fingerprint density at radius 2 is 2.09 bits per heavy atom. The summed E-state index contributed by atoms with van der Waals surface area (Å²) in [6.07, 6.45) is 0. The first kappa shape index (κ1) is 17.4. The lowest BCUT2D eigenvalue weighted by molar-refractivity contribution is -0.384. The van der Waals surface area contributed by atoms with Crippen LogP contribution in [0.5, 0.6) is 5.75 Å². The summed E-state index contributed by atoms with van der Waals surface area (Å²) < 4.78 is 5.21. The lowest BCUT2D eigenvalue weighted by atomic mass is 10.2. The van der Waals surface area contributed by atoms with Crippen LogP contribution in [0.25, 0.3) is 0 Å². The average molecular weight is 310 g/mol. The van der Waals surface area contributed by atoms with E-state index in [9.17, 15) is 19.7 Å². The standard InChI is InChI=1S/C14H18N2O6/c1-10(2)7-15(8-14(18)19)13(17)9-22-12-5-3-4-11(6-12)16(20)21/h3-6,10H,7-9H2,1-2H3,(H,18,19). The van der Waals surface area contributed by atoms with Crippen LogP contribution in [-0.4, -0.2) is 46.5 Å². The summed E-state index contributed by atoms with van der Waals surface area (Å²) in [6.45, 7) is 3.24. The molecule has 0 fully saturated rings. The van der Waals surface area contributed by atoms with Gasteiger partial charge in [0.1, 0.15) is 12.3 Å². The van der Waals surface area contributed by atoms with Crippen LogP contribution in [0.2, 0.25) is 0 Å². The van der Waals surface area contributed by atoms with E-state index in [-0.39, 0.29) is 24.0 Å². The van der Waals surface area contributed by atoms with Crippen molar-refractivity contribution in [3.63, 3.8) is 0 Å². The Kier molecular flexibility index (Phi) is 6.30. The number of non-ortho nitro benzene ring substituents is 1. The van der Waals surface area contributed by atoms with Crippen molar-refractivity contribution in [3.8, 4) is 5.75 Å². The van der Waals surface area contributed by atoms with Gasteiger partial charge in [-0.2, -0.15) is 0 Å². The third kappa shape index (κ3) is 5.78. The summed E-state index contributed by atoms with van der Waals surface area (Å²) in [5.41, 5.74) is -0.144. The minimum atomic E-state index is -1.11. The van der Waals surface area contributed by atoms with E-state index >= 15 is 0 Å². The lowest BCUT2D eigenvalue weighted by Crippen LogP contribution is -2.40. The molecule has 0 radical (unpaired) electrons. The van der Waals surface area contributed by atoms with Gasteiger partial charge in [-0.25, -0.2) is 0 Å². The Balaban J connectivity index is 2.67. The Labute approximate surface area is 127 Å². The summed E-state index contributed by atoms with van der Waals surface area (Å²) >= 11 is 0. The number of hydrogen-bond donors (Lipinski definition) is 1. The van der Waals surface area contributed by atoms with Gasteiger partial charge in [-0.05, 0) is 12.0 Å². The van der Waals surface area contributed by atoms with Crippen molar-refractivity contribution in [1.82, 2.24) is 4.90 Å². The monoisotopic (exact) mass is 310 g/mol. The first-order chi connectivity index (χ1) is 10.3. The zero-order valence-electron chi connectivity index (χ0n) is 12.4. The number of carboxylic acids is 1. The van der Waals surface area contributed by atoms with E-state index in [1.54, 1.807) is 0 Å². The molecule has 8 heteroatoms. The van der Waals surface area contributed by atoms with E-state index in [0.29, 0.717) is 6.54 Å². The van der Waals surface area contributed by atoms with Crippen molar-refractivity contribution < 1.29 is 24.4 Å². The Morgan fingerprint density at radius 1 is 1.41 bits per heavy atom. The van der Waals surface area contributed by atoms with Gasteiger partial charge in [0.2, 0.25) is 0 Å². The molecule has 0 saturated carbocycles. The molecule has 0 aliphatic heterocycles. The van der Waals surface area contributed by atoms with Crippen molar-refractivity contribution in [2.45, 2.75) is 13.8 Å². The van der Waals surface area contributed by atoms with Gasteiger partial charge in [0, 0.05) is 12.6 Å². The molecule has 1 N–H and O–H groups in total. The second-order valence-corrected chi connectivity index (χ2v) is 5.10. The summed E-state index contributed by atoms with van der Waals surface area (Å²) in [5, 5.41) is 19.5. The molecule has 1 aromatic rings. The largest absolute Gasteiger partial charge is 0.484 e. The highest BCUT2D eigenvalue weighted by Crippen LogP contribution is 2.19. The van der Waals surface area contributed by atoms with E-state index in [1.807, 2.05) is 13.8 Å². The topological polar surface area (TPSA) is 110 Å². The number of aliphatic carboxylic acids is 1. The van der Waals surface area contributed by atoms with E-state index in [1.165, 1.54) is 29.2 Å². The fourth-order valence-electron chi connectivity index (χ4n) is 1.78. The number of nitro groups is 1. The van der Waals surface area contributed by atoms with Crippen molar-refractivity contribution in [3.05, 3.63) is 34.4 Å². The lowest BCUT2D eigenvalue weighted by Gasteiger charge is -2.22. The molecule has 0 aromatic heterocycles. The van der Waals surface area contributed by atoms with Gasteiger partial charge >= 0.3 is 5.97 Å². The van der Waals surface area contributed by atoms with Crippen molar-refractivity contribution in [2.75, 3.05) is 19.7 Å². The highest BCUT2D eigenvalue weighted by Gasteiger charge is 2.18. The van der Waals surface area contributed by atoms with Gasteiger partial charge in [-0.1, -0.05) is 19.9 Å². The molecule has 22 heavy (non-hydrogen) atoms. The van der Waals surface area contributed by atoms with Crippen LogP contribution in [0.1, 0.15) is 13.8 Å². The summed E-state index contributed by atoms with van der Waals surface area (Å²) in [6, 6.07) is 5.45. The number of ether oxygens (including phenoxy) is 1. The predicted octanol–water partition coefficient (Wildman–Crippen LogP) is 1.54. The molecule has 8 nitrogen and oxygen atoms in total. The van der Waals surface area contributed by atoms with Crippen LogP contribution in [0, 0.1) is 16.0 Å². The second-order valence-electron chi connectivity index (χ2n) is 5.10. The predicted molar refractivity (Wildman–Crippen MR) is 77.6 cm³/mol. The number of nitrogens with zero attached hydrogens (tertiary/aromatic N) is 2. The highest BCUT2D eigenvalue weighted by molar-refractivity contribution is 5.82. The molecule has 0 bridgehead atoms. The fourth-order valence-corrected chi connectivity index (χ4v) is 1.78. The third-order valence-corrected chi connectivity index (χ3v) is 2.66. The van der Waals surface area contributed by atoms with Crippen molar-refractivity contribution >= 4 is 17.6 Å². The Hall–Kier alpha value is -2.64. The van der Waals surface area contributed by atoms with Crippen LogP contribution in [-0.2, 0) is 9.59 Å². The maximum absolute atomic E-state index is 12.0. The molecule has 1 aromatic carbocycles. The van der Waals surface area contributed by atoms with E-state index < -0.39 is 23.3 Å². The highest BCUT2D eigenvalue weighted by atomic mass is 16.6. The fraction of sp³-hybridized carbons (Fsp3) is 0.429. The molecule has 0 saturated heterocycles. The van der Waals surface area contributed by atoms with Gasteiger partial charge in [0.05, 0.1) is 11.0 Å². The van der Waals surface area contributed by atoms with E-state index in [4.69, 9.17) is 9.84 Å². The smallest absolute Gasteiger partial charge is 0.323 e. The number of amides is 1. The number of nitro benzene ring substituents is 1. The molecule has 0 aliphatic rings. The zero-order chi connectivity index (χ0) is 16.7. The molecular formula is C14H18N2O6. The third-order valence-electron chi connectivity index (χ3n) is 2.66. The number of carbonyl (C=O) groups is 2. The molecule has 120 valence electrons. The van der Waals surface area contributed by atoms with Crippen LogP contribution in [0.4, 0.5) is 5.69 Å². The second kappa shape index (κ2) is 7.96. The summed E-state index contributed by atoms with van der Waals surface area (Å²) in [7, 11) is 0. The first-order valence-electron chi connectivity index (χ1n) is 6.66. The maximum atomic E-state index is 12.0. The van der Waals surface area contributed by atoms with E-state index in [0.717, 1.165) is 0 Å². The van der Waals surface area contributed by atoms with E-state index in [2.05, 4.69) is 0 Å². The van der Waals surface area contributed by atoms with Gasteiger partial charge in [0.15, 0.2) is 6.61 Å². The van der Waals surface area contributed by atoms with Gasteiger partial charge < -0.3 is 14.7 Å². The Morgan fingerprint density at radius 3 is 2.64 bits per heavy atom. The number of carboxylic acid groups (broad SMARTS) is 1. The van der Waals surface area contributed by atoms with Gasteiger partial charge in [-0.3, -0.25) is 19.7 Å². The van der Waals surface area contributed by atoms with Crippen LogP contribution in [0.3, 0.4) is 0 Å². The molecule has 0 heterocycles. The Bertz CT molecular complexity index is 558. The molecule has 1 amide bonds. The normalized spacial score (nSPS) is 10.3. The molecule has 1 rings (SSSR count). The molecule has 0 atom stereocenters. The quantitative estimate of drug-likeness (QED) is 0.576. The number of rotatable bonds is 8. The maximum Gasteiger partial charge on any atom is 0.323 e. The average Bonchev–Trinajstić information content (AvgIpc) is 2.43. The zero-order valence-corrected chi connectivity index (χ0v) is 12.4. The summed E-state index contributed by atoms with van der Waals surface area (Å²) in [4.78, 5) is 34.1. The molecule has 0 spiro atoms. The molecule has 0 aliphatic carbocycles. The molecular weight excluding hydrogens is 292 g/mol. The van der Waals surface area contributed by atoms with Gasteiger partial charge in [0.25, 0.3) is 11.6 Å². The minimum Gasteiger partial charge on any atom is -0.484 e. The van der Waals surface area contributed by atoms with Crippen LogP contribution in [0.15, 0.2) is 24.3 Å². The van der Waals surface area contributed by atoms with Crippen LogP contribution < -0.4 is 4.74 Å². The van der Waals surface area contributed by atoms with Crippen molar-refractivity contribution in [1.29, 1.82) is 0 Å². The minimum absolute atomic E-state index is 0.112. The number of benzene rings is 1. The van der Waals surface area contributed by atoms with Crippen LogP contribution >= 0.6 is 0 Å². The number of hydrogen-bond acceptors (Lipinski definition) is 5. The summed E-state index contributed by atoms with van der Waals surface area (Å²) in [5.74, 6) is -1.30. The SMILES string of the molecule is CC(C)CN(CC(=O)O)C(=O)COc1cccc([N+](=O)[O-])c1. The first-order valence-corrected chi connectivity index (χ1v) is 6.66. The molecule has 0 unspecified atom stereocenters. The van der Waals surface area contributed by atoms with Crippen molar-refractivity contribution in [2.24, 2.45) is 5.92 Å². The number of carbonyl (C=O) groups excluding carboxylic acids is 1.